The molecule has 2 saturated heterocycles. The number of carbonyl (C=O) groups excluding carboxylic acids is 1. The van der Waals surface area contributed by atoms with E-state index >= 15 is 0 Å². The maximum absolute atomic E-state index is 13.7. The topological polar surface area (TPSA) is 108 Å². The molecule has 1 amide bonds. The molecule has 2 heterocycles. The lowest BCUT2D eigenvalue weighted by molar-refractivity contribution is -0.125. The van der Waals surface area contributed by atoms with Crippen LogP contribution in [-0.2, 0) is 19.6 Å². The van der Waals surface area contributed by atoms with Crippen LogP contribution in [0.5, 0.6) is 0 Å². The molecular formula is C16H18FN3O4S. The molecule has 2 N–H and O–H groups in total. The van der Waals surface area contributed by atoms with Crippen molar-refractivity contribution in [2.45, 2.75) is 48.8 Å². The van der Waals surface area contributed by atoms with E-state index in [1.54, 1.807) is 6.07 Å². The van der Waals surface area contributed by atoms with Crippen LogP contribution in [0.3, 0.4) is 0 Å². The van der Waals surface area contributed by atoms with Crippen molar-refractivity contribution in [3.63, 3.8) is 0 Å². The standard InChI is InChI=1S/C16H18FN3O4S/c17-12-8-11(4-3-10(12)9-18)25(22,23)20-13-5-6-15(21)19-16(13)14-2-1-7-24-14/h3-4,8,13-14,16,20H,1-2,5-7H2,(H,19,21). The zero-order valence-corrected chi connectivity index (χ0v) is 14.2. The third kappa shape index (κ3) is 3.81. The maximum Gasteiger partial charge on any atom is 0.240 e. The van der Waals surface area contributed by atoms with Gasteiger partial charge in [0.2, 0.25) is 15.9 Å². The van der Waals surface area contributed by atoms with E-state index in [1.165, 1.54) is 6.07 Å². The zero-order chi connectivity index (χ0) is 18.0. The highest BCUT2D eigenvalue weighted by Gasteiger charge is 2.39. The Kier molecular flexibility index (Phi) is 5.03. The molecule has 0 aromatic heterocycles. The van der Waals surface area contributed by atoms with Gasteiger partial charge < -0.3 is 10.1 Å². The van der Waals surface area contributed by atoms with E-state index < -0.39 is 27.9 Å². The van der Waals surface area contributed by atoms with Crippen molar-refractivity contribution in [3.05, 3.63) is 29.6 Å². The van der Waals surface area contributed by atoms with Crippen LogP contribution < -0.4 is 10.0 Å². The summed E-state index contributed by atoms with van der Waals surface area (Å²) >= 11 is 0. The van der Waals surface area contributed by atoms with Gasteiger partial charge >= 0.3 is 0 Å². The number of hydrogen-bond acceptors (Lipinski definition) is 5. The van der Waals surface area contributed by atoms with Gasteiger partial charge in [0.25, 0.3) is 0 Å². The number of carbonyl (C=O) groups is 1. The summed E-state index contributed by atoms with van der Waals surface area (Å²) in [7, 11) is -3.99. The van der Waals surface area contributed by atoms with Crippen LogP contribution in [0.2, 0.25) is 0 Å². The van der Waals surface area contributed by atoms with E-state index in [9.17, 15) is 17.6 Å². The second-order valence-electron chi connectivity index (χ2n) is 6.16. The fourth-order valence-corrected chi connectivity index (χ4v) is 4.52. The fraction of sp³-hybridized carbons (Fsp3) is 0.500. The highest BCUT2D eigenvalue weighted by atomic mass is 32.2. The lowest BCUT2D eigenvalue weighted by Gasteiger charge is -2.35. The summed E-state index contributed by atoms with van der Waals surface area (Å²) in [4.78, 5) is 11.4. The van der Waals surface area contributed by atoms with Crippen molar-refractivity contribution in [1.82, 2.24) is 10.0 Å². The maximum atomic E-state index is 13.7. The van der Waals surface area contributed by atoms with Gasteiger partial charge in [0.15, 0.2) is 0 Å². The molecule has 0 aliphatic carbocycles. The highest BCUT2D eigenvalue weighted by molar-refractivity contribution is 7.89. The SMILES string of the molecule is N#Cc1ccc(S(=O)(=O)NC2CCC(=O)NC2C2CCCO2)cc1F. The Morgan fingerprint density at radius 2 is 2.16 bits per heavy atom. The van der Waals surface area contributed by atoms with Crippen molar-refractivity contribution in [3.8, 4) is 6.07 Å². The first-order chi connectivity index (χ1) is 11.9. The van der Waals surface area contributed by atoms with E-state index in [0.29, 0.717) is 13.0 Å². The van der Waals surface area contributed by atoms with E-state index in [-0.39, 0.29) is 28.9 Å². The Hall–Kier alpha value is -2.02. The van der Waals surface area contributed by atoms with Crippen LogP contribution in [0.15, 0.2) is 23.1 Å². The van der Waals surface area contributed by atoms with Gasteiger partial charge in [-0.05, 0) is 37.5 Å². The van der Waals surface area contributed by atoms with E-state index in [1.807, 2.05) is 0 Å². The first-order valence-corrected chi connectivity index (χ1v) is 9.52. The first kappa shape index (κ1) is 17.8. The van der Waals surface area contributed by atoms with Crippen molar-refractivity contribution >= 4 is 15.9 Å². The van der Waals surface area contributed by atoms with E-state index in [0.717, 1.165) is 25.0 Å². The number of piperidine rings is 1. The number of nitrogens with one attached hydrogen (secondary N) is 2. The van der Waals surface area contributed by atoms with Gasteiger partial charge in [-0.15, -0.1) is 0 Å². The average Bonchev–Trinajstić information content (AvgIpc) is 3.10. The summed E-state index contributed by atoms with van der Waals surface area (Å²) in [6.45, 7) is 0.581. The second-order valence-corrected chi connectivity index (χ2v) is 7.88. The summed E-state index contributed by atoms with van der Waals surface area (Å²) in [5, 5.41) is 11.5. The molecule has 7 nitrogen and oxygen atoms in total. The number of rotatable bonds is 4. The van der Waals surface area contributed by atoms with Crippen molar-refractivity contribution in [2.75, 3.05) is 6.61 Å². The minimum Gasteiger partial charge on any atom is -0.376 e. The van der Waals surface area contributed by atoms with Gasteiger partial charge in [-0.25, -0.2) is 17.5 Å². The molecule has 1 aromatic rings. The number of hydrogen-bond donors (Lipinski definition) is 2. The van der Waals surface area contributed by atoms with Gasteiger partial charge in [0.1, 0.15) is 11.9 Å². The van der Waals surface area contributed by atoms with Crippen LogP contribution in [0.4, 0.5) is 4.39 Å². The molecule has 3 rings (SSSR count). The summed E-state index contributed by atoms with van der Waals surface area (Å²) < 4.78 is 47.0. The van der Waals surface area contributed by atoms with Gasteiger partial charge in [0.05, 0.1) is 22.6 Å². The monoisotopic (exact) mass is 367 g/mol. The van der Waals surface area contributed by atoms with Gasteiger partial charge in [0, 0.05) is 19.1 Å². The number of nitrogens with zero attached hydrogens (tertiary/aromatic N) is 1. The Balaban J connectivity index is 1.81. The van der Waals surface area contributed by atoms with Crippen LogP contribution in [-0.4, -0.2) is 39.1 Å². The summed E-state index contributed by atoms with van der Waals surface area (Å²) in [5.41, 5.74) is -0.221. The molecule has 0 bridgehead atoms. The van der Waals surface area contributed by atoms with Crippen molar-refractivity contribution in [1.29, 1.82) is 5.26 Å². The molecule has 0 saturated carbocycles. The quantitative estimate of drug-likeness (QED) is 0.818. The molecule has 3 unspecified atom stereocenters. The third-order valence-electron chi connectivity index (χ3n) is 4.49. The number of sulfonamides is 1. The predicted molar refractivity (Wildman–Crippen MR) is 85.4 cm³/mol. The van der Waals surface area contributed by atoms with E-state index in [4.69, 9.17) is 10.00 Å². The van der Waals surface area contributed by atoms with Gasteiger partial charge in [-0.1, -0.05) is 0 Å². The van der Waals surface area contributed by atoms with Crippen LogP contribution in [0.1, 0.15) is 31.2 Å². The molecule has 2 aliphatic rings. The van der Waals surface area contributed by atoms with Crippen molar-refractivity contribution < 1.29 is 22.3 Å². The molecule has 134 valence electrons. The second kappa shape index (κ2) is 7.07. The molecule has 1 aromatic carbocycles. The van der Waals surface area contributed by atoms with Gasteiger partial charge in [-0.3, -0.25) is 4.79 Å². The number of halogens is 1. The molecule has 25 heavy (non-hydrogen) atoms. The van der Waals surface area contributed by atoms with Crippen LogP contribution >= 0.6 is 0 Å². The molecule has 0 radical (unpaired) electrons. The Labute approximate surface area is 145 Å². The molecular weight excluding hydrogens is 349 g/mol. The number of ether oxygens (including phenoxy) is 1. The largest absolute Gasteiger partial charge is 0.376 e. The molecule has 2 aliphatic heterocycles. The number of nitriles is 1. The lowest BCUT2D eigenvalue weighted by Crippen LogP contribution is -2.60. The van der Waals surface area contributed by atoms with Crippen LogP contribution in [0, 0.1) is 17.1 Å². The molecule has 2 fully saturated rings. The molecule has 3 atom stereocenters. The zero-order valence-electron chi connectivity index (χ0n) is 13.4. The van der Waals surface area contributed by atoms with Crippen LogP contribution in [0.25, 0.3) is 0 Å². The normalized spacial score (nSPS) is 26.9. The molecule has 9 heteroatoms. The summed E-state index contributed by atoms with van der Waals surface area (Å²) in [5.74, 6) is -1.03. The third-order valence-corrected chi connectivity index (χ3v) is 5.97. The Morgan fingerprint density at radius 1 is 1.36 bits per heavy atom. The average molecular weight is 367 g/mol. The highest BCUT2D eigenvalue weighted by Crippen LogP contribution is 2.24. The minimum atomic E-state index is -3.99. The lowest BCUT2D eigenvalue weighted by atomic mass is 9.93. The summed E-state index contributed by atoms with van der Waals surface area (Å²) in [6.07, 6.45) is 1.91. The Morgan fingerprint density at radius 3 is 2.80 bits per heavy atom. The number of amides is 1. The van der Waals surface area contributed by atoms with Crippen molar-refractivity contribution in [2.24, 2.45) is 0 Å². The fourth-order valence-electron chi connectivity index (χ4n) is 3.22. The summed E-state index contributed by atoms with van der Waals surface area (Å²) in [6, 6.07) is 3.79. The van der Waals surface area contributed by atoms with E-state index in [2.05, 4.69) is 10.0 Å². The smallest absolute Gasteiger partial charge is 0.240 e. The minimum absolute atomic E-state index is 0.139. The first-order valence-electron chi connectivity index (χ1n) is 8.03. The Bertz CT molecular complexity index is 815. The predicted octanol–water partition coefficient (Wildman–Crippen LogP) is 0.802. The molecule has 0 spiro atoms. The number of benzene rings is 1. The van der Waals surface area contributed by atoms with Gasteiger partial charge in [-0.2, -0.15) is 5.26 Å².